The van der Waals surface area contributed by atoms with E-state index in [1.807, 2.05) is 0 Å². The molecule has 140 valence electrons. The number of nitrogens with zero attached hydrogens (tertiary/aromatic N) is 1. The number of aliphatic carboxylic acids is 1. The van der Waals surface area contributed by atoms with Crippen LogP contribution in [0.2, 0.25) is 0 Å². The molecule has 1 saturated carbocycles. The lowest BCUT2D eigenvalue weighted by molar-refractivity contribution is -0.147. The van der Waals surface area contributed by atoms with Crippen molar-refractivity contribution in [1.29, 1.82) is 0 Å². The average Bonchev–Trinajstić information content (AvgIpc) is 3.45. The van der Waals surface area contributed by atoms with Crippen molar-refractivity contribution in [2.75, 3.05) is 31.7 Å². The summed E-state index contributed by atoms with van der Waals surface area (Å²) in [6, 6.07) is 6.39. The summed E-state index contributed by atoms with van der Waals surface area (Å²) >= 11 is 0. The van der Waals surface area contributed by atoms with Crippen molar-refractivity contribution in [3.05, 3.63) is 24.3 Å². The van der Waals surface area contributed by atoms with Gasteiger partial charge in [0.05, 0.1) is 25.7 Å². The quantitative estimate of drug-likeness (QED) is 0.753. The van der Waals surface area contributed by atoms with Gasteiger partial charge < -0.3 is 24.8 Å². The second kappa shape index (κ2) is 8.18. The maximum atomic E-state index is 12.4. The van der Waals surface area contributed by atoms with Crippen LogP contribution in [0.4, 0.5) is 5.69 Å². The average molecular weight is 362 g/mol. The molecule has 1 heterocycles. The molecule has 2 aliphatic rings. The number of carboxylic acids is 1. The number of carbonyl (C=O) groups excluding carboxylic acids is 2. The van der Waals surface area contributed by atoms with E-state index in [1.165, 1.54) is 4.90 Å². The molecule has 0 spiro atoms. The zero-order chi connectivity index (χ0) is 18.5. The van der Waals surface area contributed by atoms with Gasteiger partial charge in [0.15, 0.2) is 6.61 Å². The molecule has 2 amide bonds. The van der Waals surface area contributed by atoms with Crippen LogP contribution in [0.3, 0.4) is 0 Å². The van der Waals surface area contributed by atoms with E-state index in [2.05, 4.69) is 5.32 Å². The highest BCUT2D eigenvalue weighted by molar-refractivity contribution is 5.94. The van der Waals surface area contributed by atoms with Gasteiger partial charge in [-0.15, -0.1) is 0 Å². The van der Waals surface area contributed by atoms with E-state index < -0.39 is 12.0 Å². The molecule has 1 aliphatic carbocycles. The number of ether oxygens (including phenoxy) is 2. The van der Waals surface area contributed by atoms with Gasteiger partial charge in [0, 0.05) is 24.2 Å². The van der Waals surface area contributed by atoms with Crippen LogP contribution in [-0.2, 0) is 19.1 Å². The van der Waals surface area contributed by atoms with Crippen LogP contribution in [0.25, 0.3) is 0 Å². The fraction of sp³-hybridized carbons (Fsp3) is 0.500. The highest BCUT2D eigenvalue weighted by Crippen LogP contribution is 2.30. The first kappa shape index (κ1) is 18.2. The number of rotatable bonds is 7. The van der Waals surface area contributed by atoms with Gasteiger partial charge in [-0.3, -0.25) is 14.4 Å². The van der Waals surface area contributed by atoms with Gasteiger partial charge in [0.1, 0.15) is 5.75 Å². The number of hydrogen-bond acceptors (Lipinski definition) is 5. The monoisotopic (exact) mass is 362 g/mol. The van der Waals surface area contributed by atoms with Gasteiger partial charge in [-0.1, -0.05) is 6.07 Å². The lowest BCUT2D eigenvalue weighted by Gasteiger charge is -2.34. The van der Waals surface area contributed by atoms with Crippen molar-refractivity contribution in [2.24, 2.45) is 5.92 Å². The Balaban J connectivity index is 1.54. The fourth-order valence-electron chi connectivity index (χ4n) is 2.84. The smallest absolute Gasteiger partial charge is 0.305 e. The van der Waals surface area contributed by atoms with E-state index in [4.69, 9.17) is 14.6 Å². The number of nitrogens with one attached hydrogen (secondary N) is 1. The van der Waals surface area contributed by atoms with Crippen molar-refractivity contribution in [3.8, 4) is 5.75 Å². The van der Waals surface area contributed by atoms with Crippen LogP contribution in [0.5, 0.6) is 5.75 Å². The zero-order valence-corrected chi connectivity index (χ0v) is 14.3. The van der Waals surface area contributed by atoms with E-state index in [1.54, 1.807) is 24.3 Å². The summed E-state index contributed by atoms with van der Waals surface area (Å²) in [6.45, 7) is 0.735. The first-order valence-corrected chi connectivity index (χ1v) is 8.65. The second-order valence-electron chi connectivity index (χ2n) is 6.49. The summed E-state index contributed by atoms with van der Waals surface area (Å²) in [6.07, 6.45) is 1.69. The van der Waals surface area contributed by atoms with Gasteiger partial charge in [-0.25, -0.2) is 0 Å². The minimum Gasteiger partial charge on any atom is -0.484 e. The first-order chi connectivity index (χ1) is 12.5. The molecule has 1 aromatic carbocycles. The zero-order valence-electron chi connectivity index (χ0n) is 14.3. The summed E-state index contributed by atoms with van der Waals surface area (Å²) in [5, 5.41) is 11.8. The number of morpholine rings is 1. The molecule has 1 saturated heterocycles. The first-order valence-electron chi connectivity index (χ1n) is 8.65. The largest absolute Gasteiger partial charge is 0.484 e. The third-order valence-electron chi connectivity index (χ3n) is 4.37. The molecular weight excluding hydrogens is 340 g/mol. The SMILES string of the molecule is O=C(O)CC1COCCN1C(=O)COc1cccc(NC(=O)C2CC2)c1. The predicted molar refractivity (Wildman–Crippen MR) is 91.9 cm³/mol. The van der Waals surface area contributed by atoms with Crippen molar-refractivity contribution in [2.45, 2.75) is 25.3 Å². The highest BCUT2D eigenvalue weighted by atomic mass is 16.5. The van der Waals surface area contributed by atoms with E-state index in [0.717, 1.165) is 12.8 Å². The van der Waals surface area contributed by atoms with Crippen LogP contribution in [0.15, 0.2) is 24.3 Å². The van der Waals surface area contributed by atoms with E-state index in [9.17, 15) is 14.4 Å². The number of anilines is 1. The molecule has 1 aromatic rings. The van der Waals surface area contributed by atoms with Crippen LogP contribution >= 0.6 is 0 Å². The third kappa shape index (κ3) is 4.95. The maximum absolute atomic E-state index is 12.4. The van der Waals surface area contributed by atoms with Crippen LogP contribution in [0, 0.1) is 5.92 Å². The van der Waals surface area contributed by atoms with Crippen LogP contribution in [-0.4, -0.2) is 60.2 Å². The molecule has 0 radical (unpaired) electrons. The summed E-state index contributed by atoms with van der Waals surface area (Å²) in [4.78, 5) is 36.6. The van der Waals surface area contributed by atoms with Gasteiger partial charge in [-0.05, 0) is 25.0 Å². The summed E-state index contributed by atoms with van der Waals surface area (Å²) < 4.78 is 10.8. The van der Waals surface area contributed by atoms with E-state index in [0.29, 0.717) is 24.6 Å². The lowest BCUT2D eigenvalue weighted by Crippen LogP contribution is -2.51. The Morgan fingerprint density at radius 3 is 2.85 bits per heavy atom. The molecule has 1 unspecified atom stereocenters. The fourth-order valence-corrected chi connectivity index (χ4v) is 2.84. The molecule has 1 atom stereocenters. The second-order valence-corrected chi connectivity index (χ2v) is 6.49. The number of hydrogen-bond donors (Lipinski definition) is 2. The summed E-state index contributed by atoms with van der Waals surface area (Å²) in [7, 11) is 0. The highest BCUT2D eigenvalue weighted by Gasteiger charge is 2.30. The molecule has 0 aromatic heterocycles. The molecular formula is C18H22N2O6. The Labute approximate surface area is 151 Å². The van der Waals surface area contributed by atoms with Crippen molar-refractivity contribution < 1.29 is 29.0 Å². The standard InChI is InChI=1S/C18H22N2O6/c21-16(20-6-7-25-10-14(20)9-17(22)23)11-26-15-3-1-2-13(8-15)19-18(24)12-4-5-12/h1-3,8,12,14H,4-7,9-11H2,(H,19,24)(H,22,23). The molecule has 8 nitrogen and oxygen atoms in total. The number of carboxylic acid groups (broad SMARTS) is 1. The van der Waals surface area contributed by atoms with Crippen molar-refractivity contribution in [1.82, 2.24) is 4.90 Å². The Bertz CT molecular complexity index is 688. The van der Waals surface area contributed by atoms with E-state index >= 15 is 0 Å². The predicted octanol–water partition coefficient (Wildman–Crippen LogP) is 1.12. The minimum absolute atomic E-state index is 0.00283. The molecule has 3 rings (SSSR count). The number of carbonyl (C=O) groups is 3. The maximum Gasteiger partial charge on any atom is 0.305 e. The minimum atomic E-state index is -0.974. The Morgan fingerprint density at radius 2 is 2.12 bits per heavy atom. The van der Waals surface area contributed by atoms with Crippen LogP contribution < -0.4 is 10.1 Å². The summed E-state index contributed by atoms with van der Waals surface area (Å²) in [5.74, 6) is -0.683. The summed E-state index contributed by atoms with van der Waals surface area (Å²) in [5.41, 5.74) is 0.627. The number of amides is 2. The molecule has 0 bridgehead atoms. The van der Waals surface area contributed by atoms with Crippen molar-refractivity contribution in [3.63, 3.8) is 0 Å². The van der Waals surface area contributed by atoms with Gasteiger partial charge in [-0.2, -0.15) is 0 Å². The lowest BCUT2D eigenvalue weighted by atomic mass is 10.1. The Kier molecular flexibility index (Phi) is 5.72. The van der Waals surface area contributed by atoms with Crippen molar-refractivity contribution >= 4 is 23.5 Å². The Morgan fingerprint density at radius 1 is 1.31 bits per heavy atom. The molecule has 26 heavy (non-hydrogen) atoms. The van der Waals surface area contributed by atoms with Crippen LogP contribution in [0.1, 0.15) is 19.3 Å². The topological polar surface area (TPSA) is 105 Å². The molecule has 2 fully saturated rings. The van der Waals surface area contributed by atoms with E-state index in [-0.39, 0.29) is 37.4 Å². The van der Waals surface area contributed by atoms with Gasteiger partial charge in [0.2, 0.25) is 5.91 Å². The Hall–Kier alpha value is -2.61. The van der Waals surface area contributed by atoms with Gasteiger partial charge >= 0.3 is 5.97 Å². The third-order valence-corrected chi connectivity index (χ3v) is 4.37. The van der Waals surface area contributed by atoms with Gasteiger partial charge in [0.25, 0.3) is 5.91 Å². The molecule has 8 heteroatoms. The normalized spacial score (nSPS) is 19.7. The molecule has 1 aliphatic heterocycles. The molecule has 2 N–H and O–H groups in total. The number of benzene rings is 1.